The van der Waals surface area contributed by atoms with Crippen LogP contribution in [0.4, 0.5) is 0 Å². The minimum Gasteiger partial charge on any atom is -0.318 e. The molecule has 0 spiro atoms. The van der Waals surface area contributed by atoms with Crippen molar-refractivity contribution >= 4 is 27.8 Å². The van der Waals surface area contributed by atoms with Gasteiger partial charge < -0.3 is 4.57 Å². The SMILES string of the molecule is Cn1cc[n+](C)c1/C=N/N=c1/sc2ccccc2n1C. The second-order valence-electron chi connectivity index (χ2n) is 4.63. The summed E-state index contributed by atoms with van der Waals surface area (Å²) in [7, 11) is 5.98. The van der Waals surface area contributed by atoms with E-state index in [0.29, 0.717) is 0 Å². The zero-order chi connectivity index (χ0) is 14.1. The minimum atomic E-state index is 0.888. The van der Waals surface area contributed by atoms with Crippen molar-refractivity contribution in [2.24, 2.45) is 31.3 Å². The fourth-order valence-corrected chi connectivity index (χ4v) is 3.07. The predicted molar refractivity (Wildman–Crippen MR) is 80.5 cm³/mol. The van der Waals surface area contributed by atoms with Gasteiger partial charge in [0.15, 0.2) is 0 Å². The molecule has 0 radical (unpaired) electrons. The first-order chi connectivity index (χ1) is 9.66. The lowest BCUT2D eigenvalue weighted by Gasteiger charge is -1.92. The summed E-state index contributed by atoms with van der Waals surface area (Å²) in [6.07, 6.45) is 5.74. The van der Waals surface area contributed by atoms with Gasteiger partial charge in [0.25, 0.3) is 0 Å². The second kappa shape index (κ2) is 5.05. The van der Waals surface area contributed by atoms with Crippen molar-refractivity contribution in [2.45, 2.75) is 0 Å². The lowest BCUT2D eigenvalue weighted by Crippen LogP contribution is -2.31. The van der Waals surface area contributed by atoms with Crippen molar-refractivity contribution < 1.29 is 4.57 Å². The Labute approximate surface area is 120 Å². The molecule has 0 amide bonds. The van der Waals surface area contributed by atoms with Gasteiger partial charge in [-0.3, -0.25) is 0 Å². The molecule has 2 heterocycles. The van der Waals surface area contributed by atoms with Gasteiger partial charge in [-0.1, -0.05) is 23.5 Å². The fraction of sp³-hybridized carbons (Fsp3) is 0.214. The number of aromatic nitrogens is 3. The molecule has 3 aromatic rings. The standard InChI is InChI=1S/C14H16N5S/c1-17-8-9-18(2)13(17)10-15-16-14-19(3)11-6-4-5-7-12(11)20-14/h4-10H,1-3H3/q+1. The lowest BCUT2D eigenvalue weighted by atomic mass is 10.3. The van der Waals surface area contributed by atoms with E-state index in [1.165, 1.54) is 10.2 Å². The minimum absolute atomic E-state index is 0.888. The highest BCUT2D eigenvalue weighted by molar-refractivity contribution is 7.16. The van der Waals surface area contributed by atoms with E-state index in [1.807, 2.05) is 54.8 Å². The summed E-state index contributed by atoms with van der Waals surface area (Å²) in [4.78, 5) is 0.888. The molecule has 0 unspecified atom stereocenters. The van der Waals surface area contributed by atoms with E-state index < -0.39 is 0 Å². The van der Waals surface area contributed by atoms with Crippen LogP contribution < -0.4 is 9.37 Å². The summed E-state index contributed by atoms with van der Waals surface area (Å²) < 4.78 is 7.28. The first kappa shape index (κ1) is 12.8. The monoisotopic (exact) mass is 286 g/mol. The Balaban J connectivity index is 2.01. The van der Waals surface area contributed by atoms with Gasteiger partial charge in [-0.05, 0) is 12.1 Å². The van der Waals surface area contributed by atoms with Crippen molar-refractivity contribution in [3.63, 3.8) is 0 Å². The Morgan fingerprint density at radius 2 is 2.05 bits per heavy atom. The number of benzene rings is 1. The molecule has 102 valence electrons. The number of fused-ring (bicyclic) bond motifs is 1. The first-order valence-electron chi connectivity index (χ1n) is 6.29. The van der Waals surface area contributed by atoms with E-state index in [9.17, 15) is 0 Å². The number of nitrogens with zero attached hydrogens (tertiary/aromatic N) is 5. The second-order valence-corrected chi connectivity index (χ2v) is 5.64. The highest BCUT2D eigenvalue weighted by atomic mass is 32.1. The molecular formula is C14H16N5S+. The molecule has 2 aromatic heterocycles. The van der Waals surface area contributed by atoms with E-state index in [0.717, 1.165) is 10.6 Å². The van der Waals surface area contributed by atoms with Gasteiger partial charge in [0.2, 0.25) is 4.80 Å². The van der Waals surface area contributed by atoms with Crippen molar-refractivity contribution in [1.82, 2.24) is 9.13 Å². The first-order valence-corrected chi connectivity index (χ1v) is 7.11. The quantitative estimate of drug-likeness (QED) is 0.387. The Morgan fingerprint density at radius 3 is 2.75 bits per heavy atom. The van der Waals surface area contributed by atoms with Crippen LogP contribution in [0.1, 0.15) is 5.82 Å². The van der Waals surface area contributed by atoms with Crippen LogP contribution in [0.15, 0.2) is 46.9 Å². The number of rotatable bonds is 2. The number of hydrogen-bond acceptors (Lipinski definition) is 3. The summed E-state index contributed by atoms with van der Waals surface area (Å²) in [5.41, 5.74) is 1.18. The summed E-state index contributed by atoms with van der Waals surface area (Å²) in [6.45, 7) is 0. The van der Waals surface area contributed by atoms with E-state index in [-0.39, 0.29) is 0 Å². The van der Waals surface area contributed by atoms with Crippen LogP contribution >= 0.6 is 11.3 Å². The number of hydrogen-bond donors (Lipinski definition) is 0. The third kappa shape index (κ3) is 2.18. The molecule has 0 aliphatic carbocycles. The maximum Gasteiger partial charge on any atom is 0.301 e. The van der Waals surface area contributed by atoms with E-state index in [4.69, 9.17) is 0 Å². The molecule has 0 N–H and O–H groups in total. The van der Waals surface area contributed by atoms with Crippen molar-refractivity contribution in [2.75, 3.05) is 0 Å². The molecule has 0 saturated carbocycles. The lowest BCUT2D eigenvalue weighted by molar-refractivity contribution is -0.671. The average molecular weight is 286 g/mol. The number of imidazole rings is 1. The molecule has 0 atom stereocenters. The Kier molecular flexibility index (Phi) is 3.23. The average Bonchev–Trinajstić information content (AvgIpc) is 2.94. The molecule has 1 aromatic carbocycles. The molecule has 0 aliphatic rings. The third-order valence-electron chi connectivity index (χ3n) is 3.27. The van der Waals surface area contributed by atoms with Crippen LogP contribution in [-0.2, 0) is 21.1 Å². The summed E-state index contributed by atoms with van der Waals surface area (Å²) >= 11 is 1.64. The van der Waals surface area contributed by atoms with Crippen molar-refractivity contribution in [3.05, 3.63) is 47.3 Å². The van der Waals surface area contributed by atoms with Gasteiger partial charge in [0, 0.05) is 7.05 Å². The zero-order valence-corrected chi connectivity index (χ0v) is 12.5. The van der Waals surface area contributed by atoms with Crippen molar-refractivity contribution in [3.8, 4) is 0 Å². The van der Waals surface area contributed by atoms with Gasteiger partial charge >= 0.3 is 5.82 Å². The van der Waals surface area contributed by atoms with Crippen LogP contribution in [0.5, 0.6) is 0 Å². The largest absolute Gasteiger partial charge is 0.318 e. The van der Waals surface area contributed by atoms with E-state index in [2.05, 4.69) is 26.9 Å². The molecular weight excluding hydrogens is 270 g/mol. The topological polar surface area (TPSA) is 38.5 Å². The molecule has 5 nitrogen and oxygen atoms in total. The molecule has 0 saturated heterocycles. The summed E-state index contributed by atoms with van der Waals surface area (Å²) in [6, 6.07) is 8.26. The van der Waals surface area contributed by atoms with Crippen LogP contribution in [0.3, 0.4) is 0 Å². The summed E-state index contributed by atoms with van der Waals surface area (Å²) in [5.74, 6) is 0.998. The fourth-order valence-electron chi connectivity index (χ4n) is 2.09. The molecule has 0 aliphatic heterocycles. The van der Waals surface area contributed by atoms with Crippen LogP contribution in [-0.4, -0.2) is 15.3 Å². The number of thiazole rings is 1. The molecule has 20 heavy (non-hydrogen) atoms. The van der Waals surface area contributed by atoms with Crippen LogP contribution in [0, 0.1) is 0 Å². The van der Waals surface area contributed by atoms with Crippen molar-refractivity contribution in [1.29, 1.82) is 0 Å². The number of para-hydroxylation sites is 1. The maximum atomic E-state index is 4.32. The van der Waals surface area contributed by atoms with Gasteiger partial charge in [0.05, 0.1) is 24.3 Å². The van der Waals surface area contributed by atoms with Gasteiger partial charge in [-0.25, -0.2) is 9.13 Å². The normalized spacial score (nSPS) is 12.8. The Hall–Kier alpha value is -2.21. The predicted octanol–water partition coefficient (Wildman–Crippen LogP) is 1.34. The Bertz CT molecular complexity index is 830. The van der Waals surface area contributed by atoms with E-state index in [1.54, 1.807) is 17.6 Å². The van der Waals surface area contributed by atoms with Gasteiger partial charge in [0.1, 0.15) is 18.6 Å². The highest BCUT2D eigenvalue weighted by Gasteiger charge is 2.07. The van der Waals surface area contributed by atoms with Crippen LogP contribution in [0.2, 0.25) is 0 Å². The third-order valence-corrected chi connectivity index (χ3v) is 4.37. The summed E-state index contributed by atoms with van der Waals surface area (Å²) in [5, 5.41) is 8.53. The van der Waals surface area contributed by atoms with Crippen LogP contribution in [0.25, 0.3) is 10.2 Å². The maximum absolute atomic E-state index is 4.32. The molecule has 6 heteroatoms. The number of aryl methyl sites for hydroxylation is 3. The zero-order valence-electron chi connectivity index (χ0n) is 11.7. The van der Waals surface area contributed by atoms with Gasteiger partial charge in [-0.15, -0.1) is 10.2 Å². The smallest absolute Gasteiger partial charge is 0.301 e. The van der Waals surface area contributed by atoms with E-state index >= 15 is 0 Å². The van der Waals surface area contributed by atoms with Gasteiger partial charge in [-0.2, -0.15) is 0 Å². The molecule has 0 bridgehead atoms. The highest BCUT2D eigenvalue weighted by Crippen LogP contribution is 2.14. The molecule has 3 rings (SSSR count). The molecule has 0 fully saturated rings. The Morgan fingerprint density at radius 1 is 1.25 bits per heavy atom.